The molecule has 1 aromatic heterocycles. The van der Waals surface area contributed by atoms with Crippen LogP contribution in [0.1, 0.15) is 12.0 Å². The molecule has 1 fully saturated rings. The molecular weight excluding hydrogens is 206 g/mol. The molecule has 0 spiro atoms. The van der Waals surface area contributed by atoms with E-state index in [0.717, 1.165) is 10.1 Å². The lowest BCUT2D eigenvalue weighted by molar-refractivity contribution is -0.595. The highest BCUT2D eigenvalue weighted by Crippen LogP contribution is 2.22. The molecule has 1 aromatic carbocycles. The van der Waals surface area contributed by atoms with Crippen LogP contribution in [0.5, 0.6) is 0 Å². The van der Waals surface area contributed by atoms with Gasteiger partial charge in [0.2, 0.25) is 17.5 Å². The van der Waals surface area contributed by atoms with Crippen molar-refractivity contribution in [3.63, 3.8) is 0 Å². The third-order valence-corrected chi connectivity index (χ3v) is 2.69. The lowest BCUT2D eigenvalue weighted by atomic mass is 10.2. The number of hydrogen-bond donors (Lipinski definition) is 0. The summed E-state index contributed by atoms with van der Waals surface area (Å²) in [5.41, 5.74) is 1.15. The van der Waals surface area contributed by atoms with E-state index < -0.39 is 6.29 Å². The normalized spacial score (nSPS) is 17.0. The molecule has 2 heterocycles. The fraction of sp³-hybridized carbons (Fsp3) is 0.250. The van der Waals surface area contributed by atoms with Gasteiger partial charge in [-0.05, 0) is 12.1 Å². The molecule has 1 aliphatic rings. The zero-order valence-electron chi connectivity index (χ0n) is 8.63. The van der Waals surface area contributed by atoms with E-state index in [9.17, 15) is 5.21 Å². The summed E-state index contributed by atoms with van der Waals surface area (Å²) in [7, 11) is 0. The predicted molar refractivity (Wildman–Crippen MR) is 57.6 cm³/mol. The van der Waals surface area contributed by atoms with Gasteiger partial charge in [-0.1, -0.05) is 12.1 Å². The first-order chi connectivity index (χ1) is 7.86. The van der Waals surface area contributed by atoms with E-state index in [1.54, 1.807) is 12.1 Å². The standard InChI is InChI=1S/C12H11NO3/c14-13-10-4-2-1-3-9(10)5-6-11(13)12-15-7-8-16-12/h1-6,12H,7-8H2. The van der Waals surface area contributed by atoms with Crippen molar-refractivity contribution in [3.05, 3.63) is 47.3 Å². The second-order valence-corrected chi connectivity index (χ2v) is 3.68. The van der Waals surface area contributed by atoms with Gasteiger partial charge in [0.05, 0.1) is 13.2 Å². The molecule has 82 valence electrons. The Labute approximate surface area is 92.6 Å². The monoisotopic (exact) mass is 217 g/mol. The van der Waals surface area contributed by atoms with E-state index in [0.29, 0.717) is 24.4 Å². The maximum Gasteiger partial charge on any atom is 0.250 e. The maximum absolute atomic E-state index is 12.1. The van der Waals surface area contributed by atoms with Crippen LogP contribution in [0, 0.1) is 5.21 Å². The first-order valence-corrected chi connectivity index (χ1v) is 5.21. The Balaban J connectivity index is 2.15. The van der Waals surface area contributed by atoms with Crippen molar-refractivity contribution >= 4 is 10.9 Å². The Bertz CT molecular complexity index is 521. The van der Waals surface area contributed by atoms with Gasteiger partial charge in [0, 0.05) is 17.5 Å². The molecule has 0 unspecified atom stereocenters. The SMILES string of the molecule is [O-][n+]1c(C2OCCO2)ccc2ccccc21. The molecule has 4 nitrogen and oxygen atoms in total. The van der Waals surface area contributed by atoms with Gasteiger partial charge in [0.15, 0.2) is 0 Å². The summed E-state index contributed by atoms with van der Waals surface area (Å²) in [6, 6.07) is 11.1. The van der Waals surface area contributed by atoms with E-state index in [1.807, 2.05) is 24.3 Å². The van der Waals surface area contributed by atoms with Gasteiger partial charge < -0.3 is 14.7 Å². The Hall–Kier alpha value is -1.65. The third-order valence-electron chi connectivity index (χ3n) is 2.69. The summed E-state index contributed by atoms with van der Waals surface area (Å²) < 4.78 is 11.5. The number of fused-ring (bicyclic) bond motifs is 1. The summed E-state index contributed by atoms with van der Waals surface area (Å²) in [6.45, 7) is 1.08. The summed E-state index contributed by atoms with van der Waals surface area (Å²) in [5.74, 6) is 0. The van der Waals surface area contributed by atoms with Gasteiger partial charge in [0.25, 0.3) is 0 Å². The van der Waals surface area contributed by atoms with Crippen molar-refractivity contribution in [1.82, 2.24) is 0 Å². The molecule has 0 radical (unpaired) electrons. The number of hydrogen-bond acceptors (Lipinski definition) is 3. The van der Waals surface area contributed by atoms with Gasteiger partial charge in [-0.3, -0.25) is 0 Å². The molecule has 0 amide bonds. The van der Waals surface area contributed by atoms with Crippen molar-refractivity contribution in [2.75, 3.05) is 13.2 Å². The summed E-state index contributed by atoms with van der Waals surface area (Å²) >= 11 is 0. The van der Waals surface area contributed by atoms with E-state index in [-0.39, 0.29) is 0 Å². The fourth-order valence-corrected chi connectivity index (χ4v) is 1.90. The van der Waals surface area contributed by atoms with Crippen LogP contribution in [0.25, 0.3) is 10.9 Å². The quantitative estimate of drug-likeness (QED) is 0.537. The van der Waals surface area contributed by atoms with Crippen molar-refractivity contribution in [2.24, 2.45) is 0 Å². The maximum atomic E-state index is 12.1. The van der Waals surface area contributed by atoms with Gasteiger partial charge in [0.1, 0.15) is 0 Å². The molecule has 0 aliphatic carbocycles. The van der Waals surface area contributed by atoms with Gasteiger partial charge in [-0.25, -0.2) is 0 Å². The third kappa shape index (κ3) is 1.43. The number of ether oxygens (including phenoxy) is 2. The minimum atomic E-state index is -0.526. The second kappa shape index (κ2) is 3.73. The van der Waals surface area contributed by atoms with Crippen LogP contribution in [-0.2, 0) is 9.47 Å². The summed E-state index contributed by atoms with van der Waals surface area (Å²) in [5, 5.41) is 13.0. The Morgan fingerprint density at radius 1 is 1.06 bits per heavy atom. The number of benzene rings is 1. The molecule has 4 heteroatoms. The number of para-hydroxylation sites is 1. The molecular formula is C12H11NO3. The topological polar surface area (TPSA) is 45.4 Å². The molecule has 1 saturated heterocycles. The Kier molecular flexibility index (Phi) is 2.23. The summed E-state index contributed by atoms with van der Waals surface area (Å²) in [4.78, 5) is 0. The smallest absolute Gasteiger partial charge is 0.250 e. The molecule has 16 heavy (non-hydrogen) atoms. The zero-order valence-corrected chi connectivity index (χ0v) is 8.63. The van der Waals surface area contributed by atoms with E-state index in [1.165, 1.54) is 0 Å². The Morgan fingerprint density at radius 2 is 1.81 bits per heavy atom. The number of aromatic nitrogens is 1. The molecule has 2 aromatic rings. The highest BCUT2D eigenvalue weighted by atomic mass is 16.7. The van der Waals surface area contributed by atoms with Crippen molar-refractivity contribution in [3.8, 4) is 0 Å². The molecule has 1 aliphatic heterocycles. The minimum Gasteiger partial charge on any atom is -0.618 e. The average Bonchev–Trinajstić information content (AvgIpc) is 2.83. The van der Waals surface area contributed by atoms with Gasteiger partial charge in [-0.15, -0.1) is 0 Å². The lowest BCUT2D eigenvalue weighted by Gasteiger charge is -2.11. The van der Waals surface area contributed by atoms with Gasteiger partial charge >= 0.3 is 0 Å². The van der Waals surface area contributed by atoms with Crippen molar-refractivity contribution in [1.29, 1.82) is 0 Å². The van der Waals surface area contributed by atoms with Crippen molar-refractivity contribution < 1.29 is 14.2 Å². The van der Waals surface area contributed by atoms with E-state index >= 15 is 0 Å². The van der Waals surface area contributed by atoms with Crippen LogP contribution in [-0.4, -0.2) is 13.2 Å². The Morgan fingerprint density at radius 3 is 2.62 bits per heavy atom. The number of nitrogens with zero attached hydrogens (tertiary/aromatic N) is 1. The molecule has 0 saturated carbocycles. The van der Waals surface area contributed by atoms with Crippen LogP contribution in [0.15, 0.2) is 36.4 Å². The number of pyridine rings is 1. The highest BCUT2D eigenvalue weighted by molar-refractivity contribution is 5.75. The predicted octanol–water partition coefficient (Wildman–Crippen LogP) is 1.52. The van der Waals surface area contributed by atoms with E-state index in [2.05, 4.69) is 0 Å². The first kappa shape index (κ1) is 9.57. The molecule has 0 atom stereocenters. The molecule has 0 bridgehead atoms. The highest BCUT2D eigenvalue weighted by Gasteiger charge is 2.26. The average molecular weight is 217 g/mol. The van der Waals surface area contributed by atoms with Crippen molar-refractivity contribution in [2.45, 2.75) is 6.29 Å². The van der Waals surface area contributed by atoms with Crippen LogP contribution in [0.2, 0.25) is 0 Å². The second-order valence-electron chi connectivity index (χ2n) is 3.68. The zero-order chi connectivity index (χ0) is 11.0. The fourth-order valence-electron chi connectivity index (χ4n) is 1.90. The van der Waals surface area contributed by atoms with Crippen LogP contribution in [0.3, 0.4) is 0 Å². The van der Waals surface area contributed by atoms with Gasteiger partial charge in [-0.2, -0.15) is 4.73 Å². The summed E-state index contributed by atoms with van der Waals surface area (Å²) in [6.07, 6.45) is -0.526. The molecule has 0 N–H and O–H groups in total. The first-order valence-electron chi connectivity index (χ1n) is 5.21. The van der Waals surface area contributed by atoms with Crippen LogP contribution in [0.4, 0.5) is 0 Å². The lowest BCUT2D eigenvalue weighted by Crippen LogP contribution is -2.34. The number of rotatable bonds is 1. The minimum absolute atomic E-state index is 0.510. The molecule has 3 rings (SSSR count). The largest absolute Gasteiger partial charge is 0.618 e. The van der Waals surface area contributed by atoms with Crippen LogP contribution >= 0.6 is 0 Å². The van der Waals surface area contributed by atoms with E-state index in [4.69, 9.17) is 9.47 Å². The van der Waals surface area contributed by atoms with Crippen LogP contribution < -0.4 is 4.73 Å².